The van der Waals surface area contributed by atoms with Crippen molar-refractivity contribution >= 4 is 29.1 Å². The Hall–Kier alpha value is -5.29. The first-order valence-electron chi connectivity index (χ1n) is 13.7. The van der Waals surface area contributed by atoms with Gasteiger partial charge in [0, 0.05) is 17.7 Å². The van der Waals surface area contributed by atoms with Crippen LogP contribution >= 0.6 is 11.8 Å². The van der Waals surface area contributed by atoms with Gasteiger partial charge in [-0.15, -0.1) is 10.2 Å². The summed E-state index contributed by atoms with van der Waals surface area (Å²) in [5.74, 6) is 3.61. The molecule has 1 aliphatic rings. The van der Waals surface area contributed by atoms with Crippen molar-refractivity contribution < 1.29 is 28.5 Å². The van der Waals surface area contributed by atoms with Gasteiger partial charge in [-0.2, -0.15) is 0 Å². The number of fused-ring (bicyclic) bond motifs is 1. The largest absolute Gasteiger partial charge is 0.493 e. The van der Waals surface area contributed by atoms with Gasteiger partial charge in [0.1, 0.15) is 23.1 Å². The van der Waals surface area contributed by atoms with Gasteiger partial charge in [-0.3, -0.25) is 14.2 Å². The molecule has 222 valence electrons. The number of anilines is 1. The number of amides is 1. The number of ether oxygens (including phenoxy) is 4. The number of carbonyl (C=O) groups excluding carboxylic acids is 2. The van der Waals surface area contributed by atoms with Crippen LogP contribution in [0.5, 0.6) is 28.7 Å². The molecule has 10 nitrogen and oxygen atoms in total. The highest BCUT2D eigenvalue weighted by atomic mass is 32.2. The molecule has 0 bridgehead atoms. The fraction of sp³-hybridized carbons (Fsp3) is 0.152. The number of benzene rings is 4. The molecule has 0 atom stereocenters. The standard InChI is InChI=1S/C33H28N4O6S/c1-40-29-14-8-21(16-30(29)41-2)17-31-35-36-33(37(31)23-10-12-25(13-11-23)43-24-6-4-3-5-7-24)44-20-27(38)22-9-15-28-26(18-22)34-32(39)19-42-28/h3-16,18H,17,19-20H2,1-2H3,(H,34,39). The van der Waals surface area contributed by atoms with E-state index in [0.29, 0.717) is 51.7 Å². The van der Waals surface area contributed by atoms with Gasteiger partial charge in [0.15, 0.2) is 29.0 Å². The molecule has 0 fully saturated rings. The Labute approximate surface area is 257 Å². The highest BCUT2D eigenvalue weighted by Gasteiger charge is 2.20. The first-order valence-corrected chi connectivity index (χ1v) is 14.7. The number of nitrogens with one attached hydrogen (secondary N) is 1. The van der Waals surface area contributed by atoms with Gasteiger partial charge in [-0.25, -0.2) is 0 Å². The number of Topliss-reactive ketones (excluding diaryl/α,β-unsaturated/α-hetero) is 1. The Morgan fingerprint density at radius 3 is 2.45 bits per heavy atom. The number of thioether (sulfide) groups is 1. The molecular weight excluding hydrogens is 580 g/mol. The van der Waals surface area contributed by atoms with E-state index in [0.717, 1.165) is 17.0 Å². The lowest BCUT2D eigenvalue weighted by Crippen LogP contribution is -2.25. The number of hydrogen-bond acceptors (Lipinski definition) is 9. The monoisotopic (exact) mass is 608 g/mol. The molecule has 0 unspecified atom stereocenters. The van der Waals surface area contributed by atoms with Crippen LogP contribution in [0.1, 0.15) is 21.7 Å². The number of methoxy groups -OCH3 is 2. The number of rotatable bonds is 11. The maximum Gasteiger partial charge on any atom is 0.262 e. The number of nitrogens with zero attached hydrogens (tertiary/aromatic N) is 3. The number of hydrogen-bond donors (Lipinski definition) is 1. The van der Waals surface area contributed by atoms with Crippen molar-refractivity contribution in [3.63, 3.8) is 0 Å². The Morgan fingerprint density at radius 2 is 1.68 bits per heavy atom. The van der Waals surface area contributed by atoms with Crippen molar-refractivity contribution in [1.82, 2.24) is 14.8 Å². The molecular formula is C33H28N4O6S. The van der Waals surface area contributed by atoms with E-state index in [1.54, 1.807) is 32.4 Å². The molecule has 1 aliphatic heterocycles. The molecule has 0 aliphatic carbocycles. The van der Waals surface area contributed by atoms with Crippen LogP contribution in [0.2, 0.25) is 0 Å². The Bertz CT molecular complexity index is 1810. The summed E-state index contributed by atoms with van der Waals surface area (Å²) in [6, 6.07) is 27.9. The van der Waals surface area contributed by atoms with Crippen molar-refractivity contribution in [2.75, 3.05) is 31.9 Å². The minimum absolute atomic E-state index is 0.0448. The smallest absolute Gasteiger partial charge is 0.262 e. The van der Waals surface area contributed by atoms with E-state index in [1.165, 1.54) is 11.8 Å². The molecule has 6 rings (SSSR count). The van der Waals surface area contributed by atoms with Gasteiger partial charge in [-0.05, 0) is 72.3 Å². The van der Waals surface area contributed by atoms with Crippen molar-refractivity contribution in [3.05, 3.63) is 108 Å². The van der Waals surface area contributed by atoms with Gasteiger partial charge < -0.3 is 24.3 Å². The minimum Gasteiger partial charge on any atom is -0.493 e. The van der Waals surface area contributed by atoms with Crippen molar-refractivity contribution in [2.45, 2.75) is 11.6 Å². The topological polar surface area (TPSA) is 114 Å². The summed E-state index contributed by atoms with van der Waals surface area (Å²) >= 11 is 1.28. The number of para-hydroxylation sites is 1. The molecule has 11 heteroatoms. The summed E-state index contributed by atoms with van der Waals surface area (Å²) in [5.41, 5.74) is 2.71. The lowest BCUT2D eigenvalue weighted by atomic mass is 10.1. The molecule has 0 saturated carbocycles. The van der Waals surface area contributed by atoms with Gasteiger partial charge in [0.25, 0.3) is 5.91 Å². The summed E-state index contributed by atoms with van der Waals surface area (Å²) < 4.78 is 24.2. The van der Waals surface area contributed by atoms with Crippen LogP contribution in [-0.2, 0) is 11.2 Å². The van der Waals surface area contributed by atoms with E-state index in [4.69, 9.17) is 18.9 Å². The summed E-state index contributed by atoms with van der Waals surface area (Å²) in [5, 5.41) is 12.3. The lowest BCUT2D eigenvalue weighted by molar-refractivity contribution is -0.118. The Morgan fingerprint density at radius 1 is 0.909 bits per heavy atom. The first-order chi connectivity index (χ1) is 21.5. The third-order valence-electron chi connectivity index (χ3n) is 6.85. The lowest BCUT2D eigenvalue weighted by Gasteiger charge is -2.18. The molecule has 4 aromatic carbocycles. The van der Waals surface area contributed by atoms with Crippen molar-refractivity contribution in [3.8, 4) is 34.4 Å². The number of carbonyl (C=O) groups is 2. The zero-order valence-corrected chi connectivity index (χ0v) is 24.8. The van der Waals surface area contributed by atoms with Gasteiger partial charge >= 0.3 is 0 Å². The zero-order valence-electron chi connectivity index (χ0n) is 24.0. The van der Waals surface area contributed by atoms with Crippen LogP contribution in [0.15, 0.2) is 96.2 Å². The molecule has 0 spiro atoms. The third kappa shape index (κ3) is 6.37. The summed E-state index contributed by atoms with van der Waals surface area (Å²) in [7, 11) is 3.19. The van der Waals surface area contributed by atoms with Crippen LogP contribution in [0.3, 0.4) is 0 Å². The van der Waals surface area contributed by atoms with E-state index in [9.17, 15) is 9.59 Å². The van der Waals surface area contributed by atoms with Gasteiger partial charge in [0.05, 0.1) is 25.7 Å². The van der Waals surface area contributed by atoms with Gasteiger partial charge in [0.2, 0.25) is 0 Å². The van der Waals surface area contributed by atoms with Crippen molar-refractivity contribution in [2.24, 2.45) is 0 Å². The van der Waals surface area contributed by atoms with Crippen LogP contribution in [0, 0.1) is 0 Å². The Balaban J connectivity index is 1.27. The second kappa shape index (κ2) is 12.9. The third-order valence-corrected chi connectivity index (χ3v) is 7.78. The molecule has 0 radical (unpaired) electrons. The summed E-state index contributed by atoms with van der Waals surface area (Å²) in [6.07, 6.45) is 0.453. The maximum atomic E-state index is 13.2. The fourth-order valence-corrected chi connectivity index (χ4v) is 5.56. The normalized spacial score (nSPS) is 12.1. The SMILES string of the molecule is COc1ccc(Cc2nnc(SCC(=O)c3ccc4c(c3)NC(=O)CO4)n2-c2ccc(Oc3ccccc3)cc2)cc1OC. The number of aromatic nitrogens is 3. The van der Waals surface area contributed by atoms with E-state index < -0.39 is 0 Å². The van der Waals surface area contributed by atoms with E-state index in [-0.39, 0.29) is 24.1 Å². The predicted molar refractivity (Wildman–Crippen MR) is 166 cm³/mol. The maximum absolute atomic E-state index is 13.2. The van der Waals surface area contributed by atoms with E-state index >= 15 is 0 Å². The van der Waals surface area contributed by atoms with Crippen LogP contribution in [0.4, 0.5) is 5.69 Å². The van der Waals surface area contributed by atoms with Crippen LogP contribution in [0.25, 0.3) is 5.69 Å². The quantitative estimate of drug-likeness (QED) is 0.143. The van der Waals surface area contributed by atoms with Crippen LogP contribution < -0.4 is 24.3 Å². The average molecular weight is 609 g/mol. The molecule has 2 heterocycles. The molecule has 1 amide bonds. The first kappa shape index (κ1) is 28.8. The minimum atomic E-state index is -0.258. The average Bonchev–Trinajstić information content (AvgIpc) is 3.45. The van der Waals surface area contributed by atoms with Gasteiger partial charge in [-0.1, -0.05) is 36.0 Å². The van der Waals surface area contributed by atoms with E-state index in [2.05, 4.69) is 15.5 Å². The summed E-state index contributed by atoms with van der Waals surface area (Å²) in [4.78, 5) is 24.9. The van der Waals surface area contributed by atoms with E-state index in [1.807, 2.05) is 77.4 Å². The van der Waals surface area contributed by atoms with Crippen LogP contribution in [-0.4, -0.2) is 53.0 Å². The Kier molecular flexibility index (Phi) is 8.46. The van der Waals surface area contributed by atoms with Crippen molar-refractivity contribution in [1.29, 1.82) is 0 Å². The molecule has 5 aromatic rings. The molecule has 0 saturated heterocycles. The summed E-state index contributed by atoms with van der Waals surface area (Å²) in [6.45, 7) is -0.0448. The second-order valence-corrected chi connectivity index (χ2v) is 10.7. The highest BCUT2D eigenvalue weighted by molar-refractivity contribution is 7.99. The fourth-order valence-electron chi connectivity index (χ4n) is 4.70. The molecule has 1 aromatic heterocycles. The predicted octanol–water partition coefficient (Wildman–Crippen LogP) is 5.97. The molecule has 44 heavy (non-hydrogen) atoms. The zero-order chi connectivity index (χ0) is 30.5. The number of ketones is 1. The highest BCUT2D eigenvalue weighted by Crippen LogP contribution is 2.32. The second-order valence-electron chi connectivity index (χ2n) is 9.77. The molecule has 1 N–H and O–H groups in total.